The van der Waals surface area contributed by atoms with E-state index in [0.29, 0.717) is 11.8 Å². The second-order valence-electron chi connectivity index (χ2n) is 4.53. The van der Waals surface area contributed by atoms with E-state index in [-0.39, 0.29) is 6.10 Å². The van der Waals surface area contributed by atoms with Crippen molar-refractivity contribution in [3.8, 4) is 0 Å². The average Bonchev–Trinajstić information content (AvgIpc) is 2.80. The van der Waals surface area contributed by atoms with Gasteiger partial charge in [0.25, 0.3) is 0 Å². The van der Waals surface area contributed by atoms with Gasteiger partial charge >= 0.3 is 0 Å². The molecule has 0 amide bonds. The monoisotopic (exact) mass is 213 g/mol. The molecular formula is C14H15NO. The molecule has 82 valence electrons. The predicted molar refractivity (Wildman–Crippen MR) is 64.3 cm³/mol. The molecule has 3 atom stereocenters. The van der Waals surface area contributed by atoms with Gasteiger partial charge in [0.05, 0.1) is 5.71 Å². The Balaban J connectivity index is 1.93. The van der Waals surface area contributed by atoms with Gasteiger partial charge in [0.2, 0.25) is 0 Å². The first-order valence-electron chi connectivity index (χ1n) is 5.82. The third-order valence-electron chi connectivity index (χ3n) is 3.57. The summed E-state index contributed by atoms with van der Waals surface area (Å²) in [7, 11) is 0. The van der Waals surface area contributed by atoms with E-state index in [0.717, 1.165) is 12.1 Å². The van der Waals surface area contributed by atoms with Crippen LogP contribution in [0.3, 0.4) is 0 Å². The fraction of sp³-hybridized carbons (Fsp3) is 0.357. The lowest BCUT2D eigenvalue weighted by molar-refractivity contribution is 0.0311. The smallest absolute Gasteiger partial charge is 0.149 e. The Hall–Kier alpha value is -1.57. The molecule has 0 N–H and O–H groups in total. The molecule has 1 aromatic rings. The first-order valence-corrected chi connectivity index (χ1v) is 5.82. The molecular weight excluding hydrogens is 198 g/mol. The maximum atomic E-state index is 5.54. The van der Waals surface area contributed by atoms with Gasteiger partial charge in [0, 0.05) is 11.8 Å². The van der Waals surface area contributed by atoms with Crippen molar-refractivity contribution in [2.24, 2.45) is 17.0 Å². The quantitative estimate of drug-likeness (QED) is 0.657. The highest BCUT2D eigenvalue weighted by Crippen LogP contribution is 2.34. The van der Waals surface area contributed by atoms with Gasteiger partial charge in [-0.25, -0.2) is 0 Å². The highest BCUT2D eigenvalue weighted by Gasteiger charge is 2.36. The van der Waals surface area contributed by atoms with Gasteiger partial charge in [-0.2, -0.15) is 0 Å². The molecule has 0 saturated carbocycles. The molecule has 0 spiro atoms. The lowest BCUT2D eigenvalue weighted by atomic mass is 9.83. The average molecular weight is 213 g/mol. The number of nitrogens with zero attached hydrogens (tertiary/aromatic N) is 1. The molecule has 0 fully saturated rings. The van der Waals surface area contributed by atoms with Crippen LogP contribution in [0.25, 0.3) is 0 Å². The molecule has 2 nitrogen and oxygen atoms in total. The molecule has 3 rings (SSSR count). The molecule has 2 aliphatic rings. The summed E-state index contributed by atoms with van der Waals surface area (Å²) in [5, 5.41) is 4.29. The normalized spacial score (nSPS) is 31.8. The summed E-state index contributed by atoms with van der Waals surface area (Å²) in [4.78, 5) is 5.54. The Morgan fingerprint density at radius 2 is 2.06 bits per heavy atom. The summed E-state index contributed by atoms with van der Waals surface area (Å²) in [6.45, 7) is 2.25. The maximum absolute atomic E-state index is 5.54. The summed E-state index contributed by atoms with van der Waals surface area (Å²) in [5.74, 6) is 1.03. The Morgan fingerprint density at radius 3 is 2.88 bits per heavy atom. The number of hydrogen-bond acceptors (Lipinski definition) is 2. The van der Waals surface area contributed by atoms with Crippen LogP contribution < -0.4 is 0 Å². The van der Waals surface area contributed by atoms with Crippen molar-refractivity contribution in [2.45, 2.75) is 19.4 Å². The number of fused-ring (bicyclic) bond motifs is 1. The van der Waals surface area contributed by atoms with Gasteiger partial charge in [-0.1, -0.05) is 48.5 Å². The van der Waals surface area contributed by atoms with Crippen molar-refractivity contribution in [3.63, 3.8) is 0 Å². The van der Waals surface area contributed by atoms with E-state index < -0.39 is 0 Å². The Morgan fingerprint density at radius 1 is 1.25 bits per heavy atom. The molecule has 2 heteroatoms. The molecule has 1 heterocycles. The third-order valence-corrected chi connectivity index (χ3v) is 3.57. The third kappa shape index (κ3) is 1.45. The van der Waals surface area contributed by atoms with E-state index in [9.17, 15) is 0 Å². The second-order valence-corrected chi connectivity index (χ2v) is 4.53. The minimum Gasteiger partial charge on any atom is -0.388 e. The zero-order valence-electron chi connectivity index (χ0n) is 9.34. The van der Waals surface area contributed by atoms with Crippen molar-refractivity contribution < 1.29 is 4.84 Å². The maximum Gasteiger partial charge on any atom is 0.149 e. The van der Waals surface area contributed by atoms with Crippen LogP contribution in [0.15, 0.2) is 47.6 Å². The lowest BCUT2D eigenvalue weighted by Crippen LogP contribution is -2.33. The van der Waals surface area contributed by atoms with Gasteiger partial charge in [-0.05, 0) is 18.1 Å². The second kappa shape index (κ2) is 3.78. The van der Waals surface area contributed by atoms with Crippen molar-refractivity contribution >= 4 is 5.71 Å². The fourth-order valence-corrected chi connectivity index (χ4v) is 2.58. The van der Waals surface area contributed by atoms with Crippen LogP contribution >= 0.6 is 0 Å². The van der Waals surface area contributed by atoms with Crippen LogP contribution in [0.4, 0.5) is 0 Å². The number of oxime groups is 1. The molecule has 1 aliphatic heterocycles. The van der Waals surface area contributed by atoms with Crippen molar-refractivity contribution in [2.75, 3.05) is 0 Å². The minimum absolute atomic E-state index is 0.197. The lowest BCUT2D eigenvalue weighted by Gasteiger charge is -2.30. The molecule has 0 aromatic heterocycles. The van der Waals surface area contributed by atoms with Crippen molar-refractivity contribution in [1.29, 1.82) is 0 Å². The number of benzene rings is 1. The zero-order chi connectivity index (χ0) is 11.0. The van der Waals surface area contributed by atoms with E-state index in [1.807, 2.05) is 18.2 Å². The van der Waals surface area contributed by atoms with E-state index in [2.05, 4.69) is 36.4 Å². The predicted octanol–water partition coefficient (Wildman–Crippen LogP) is 3.00. The highest BCUT2D eigenvalue weighted by molar-refractivity contribution is 6.02. The summed E-state index contributed by atoms with van der Waals surface area (Å²) >= 11 is 0. The zero-order valence-corrected chi connectivity index (χ0v) is 9.34. The SMILES string of the molecule is C[C@H]1C(c2ccccc2)=NO[C@H]2C=CC[C@H]21. The molecule has 0 saturated heterocycles. The first-order chi connectivity index (χ1) is 7.86. The van der Waals surface area contributed by atoms with Gasteiger partial charge in [0.1, 0.15) is 6.10 Å². The van der Waals surface area contributed by atoms with Gasteiger partial charge in [0.15, 0.2) is 0 Å². The standard InChI is InChI=1S/C14H15NO/c1-10-12-8-5-9-13(12)16-15-14(10)11-6-3-2-4-7-11/h2-7,9-10,12-13H,8H2,1H3/t10-,12+,13+/m1/s1. The van der Waals surface area contributed by atoms with E-state index >= 15 is 0 Å². The van der Waals surface area contributed by atoms with E-state index in [1.54, 1.807) is 0 Å². The van der Waals surface area contributed by atoms with Crippen molar-refractivity contribution in [1.82, 2.24) is 0 Å². The van der Waals surface area contributed by atoms with E-state index in [1.165, 1.54) is 5.56 Å². The number of hydrogen-bond donors (Lipinski definition) is 0. The Bertz CT molecular complexity index is 435. The van der Waals surface area contributed by atoms with Crippen LogP contribution in [-0.2, 0) is 4.84 Å². The molecule has 0 radical (unpaired) electrons. The largest absolute Gasteiger partial charge is 0.388 e. The number of allylic oxidation sites excluding steroid dienone is 1. The summed E-state index contributed by atoms with van der Waals surface area (Å²) < 4.78 is 0. The van der Waals surface area contributed by atoms with Crippen LogP contribution in [0.5, 0.6) is 0 Å². The summed E-state index contributed by atoms with van der Waals surface area (Å²) in [5.41, 5.74) is 2.27. The molecule has 0 unspecified atom stereocenters. The molecule has 16 heavy (non-hydrogen) atoms. The fourth-order valence-electron chi connectivity index (χ4n) is 2.58. The van der Waals surface area contributed by atoms with Crippen LogP contribution in [0, 0.1) is 11.8 Å². The molecule has 1 aromatic carbocycles. The van der Waals surface area contributed by atoms with Crippen molar-refractivity contribution in [3.05, 3.63) is 48.0 Å². The molecule has 1 aliphatic carbocycles. The highest BCUT2D eigenvalue weighted by atomic mass is 16.6. The minimum atomic E-state index is 0.197. The van der Waals surface area contributed by atoms with Crippen LogP contribution in [-0.4, -0.2) is 11.8 Å². The first kappa shape index (κ1) is 9.64. The summed E-state index contributed by atoms with van der Waals surface area (Å²) in [6, 6.07) is 10.3. The van der Waals surface area contributed by atoms with Gasteiger partial charge < -0.3 is 4.84 Å². The topological polar surface area (TPSA) is 21.6 Å². The van der Waals surface area contributed by atoms with Crippen LogP contribution in [0.2, 0.25) is 0 Å². The van der Waals surface area contributed by atoms with Crippen LogP contribution in [0.1, 0.15) is 18.9 Å². The summed E-state index contributed by atoms with van der Waals surface area (Å²) in [6.07, 6.45) is 5.64. The van der Waals surface area contributed by atoms with Gasteiger partial charge in [-0.3, -0.25) is 0 Å². The number of rotatable bonds is 1. The van der Waals surface area contributed by atoms with Gasteiger partial charge in [-0.15, -0.1) is 0 Å². The molecule has 0 bridgehead atoms. The Labute approximate surface area is 95.6 Å². The Kier molecular flexibility index (Phi) is 2.28. The van der Waals surface area contributed by atoms with E-state index in [4.69, 9.17) is 4.84 Å².